The summed E-state index contributed by atoms with van der Waals surface area (Å²) in [6.07, 6.45) is 1.52. The molecule has 2 aromatic rings. The number of benzene rings is 1. The van der Waals surface area contributed by atoms with E-state index in [0.717, 1.165) is 11.3 Å². The summed E-state index contributed by atoms with van der Waals surface area (Å²) >= 11 is 0. The highest BCUT2D eigenvalue weighted by molar-refractivity contribution is 5.96. The minimum atomic E-state index is -0.288. The molecule has 5 heteroatoms. The maximum atomic E-state index is 12.5. The standard InChI is InChI=1S/C19H23N3O2/c1-15(2)22(14-16-8-4-3-5-9-16)19(24)12-18(23)21-13-17-10-6-7-11-20-17/h3-11,15H,12-14H2,1-2H3,(H,21,23). The number of nitrogens with zero attached hydrogens (tertiary/aromatic N) is 2. The van der Waals surface area contributed by atoms with Crippen molar-refractivity contribution in [1.29, 1.82) is 0 Å². The molecule has 0 bridgehead atoms. The zero-order valence-electron chi connectivity index (χ0n) is 14.1. The molecule has 0 spiro atoms. The van der Waals surface area contributed by atoms with E-state index in [1.54, 1.807) is 11.1 Å². The maximum absolute atomic E-state index is 12.5. The normalized spacial score (nSPS) is 10.5. The Hall–Kier alpha value is -2.69. The lowest BCUT2D eigenvalue weighted by Crippen LogP contribution is -2.39. The highest BCUT2D eigenvalue weighted by atomic mass is 16.2. The van der Waals surface area contributed by atoms with Crippen LogP contribution < -0.4 is 5.32 Å². The van der Waals surface area contributed by atoms with Crippen LogP contribution in [0.15, 0.2) is 54.7 Å². The topological polar surface area (TPSA) is 62.3 Å². The van der Waals surface area contributed by atoms with Crippen molar-refractivity contribution in [1.82, 2.24) is 15.2 Å². The number of amides is 2. The summed E-state index contributed by atoms with van der Waals surface area (Å²) in [5.74, 6) is -0.461. The second kappa shape index (κ2) is 8.82. The number of pyridine rings is 1. The van der Waals surface area contributed by atoms with Crippen molar-refractivity contribution in [3.05, 3.63) is 66.0 Å². The fraction of sp³-hybridized carbons (Fsp3) is 0.316. The van der Waals surface area contributed by atoms with Crippen molar-refractivity contribution in [2.45, 2.75) is 39.4 Å². The Kier molecular flexibility index (Phi) is 6.49. The summed E-state index contributed by atoms with van der Waals surface area (Å²) in [5.41, 5.74) is 1.82. The van der Waals surface area contributed by atoms with E-state index < -0.39 is 0 Å². The van der Waals surface area contributed by atoms with Gasteiger partial charge in [-0.1, -0.05) is 36.4 Å². The molecule has 1 aromatic carbocycles. The smallest absolute Gasteiger partial charge is 0.232 e. The van der Waals surface area contributed by atoms with Crippen LogP contribution in [0.1, 0.15) is 31.5 Å². The quantitative estimate of drug-likeness (QED) is 0.796. The zero-order valence-corrected chi connectivity index (χ0v) is 14.1. The third-order valence-corrected chi connectivity index (χ3v) is 3.64. The Balaban J connectivity index is 1.89. The Labute approximate surface area is 142 Å². The molecule has 0 saturated heterocycles. The van der Waals surface area contributed by atoms with Crippen molar-refractivity contribution < 1.29 is 9.59 Å². The predicted octanol–water partition coefficient (Wildman–Crippen LogP) is 2.53. The van der Waals surface area contributed by atoms with Crippen LogP contribution in [-0.2, 0) is 22.7 Å². The predicted molar refractivity (Wildman–Crippen MR) is 92.8 cm³/mol. The van der Waals surface area contributed by atoms with Crippen LogP contribution in [0.3, 0.4) is 0 Å². The van der Waals surface area contributed by atoms with Gasteiger partial charge in [0.2, 0.25) is 11.8 Å². The third kappa shape index (κ3) is 5.50. The van der Waals surface area contributed by atoms with Gasteiger partial charge in [-0.05, 0) is 31.5 Å². The molecule has 2 rings (SSSR count). The molecule has 1 N–H and O–H groups in total. The average molecular weight is 325 g/mol. The third-order valence-electron chi connectivity index (χ3n) is 3.64. The van der Waals surface area contributed by atoms with Gasteiger partial charge in [-0.15, -0.1) is 0 Å². The second-order valence-electron chi connectivity index (χ2n) is 5.88. The van der Waals surface area contributed by atoms with Gasteiger partial charge in [0.15, 0.2) is 0 Å². The van der Waals surface area contributed by atoms with Crippen LogP contribution >= 0.6 is 0 Å². The van der Waals surface area contributed by atoms with E-state index in [0.29, 0.717) is 13.1 Å². The second-order valence-corrected chi connectivity index (χ2v) is 5.88. The number of hydrogen-bond donors (Lipinski definition) is 1. The summed E-state index contributed by atoms with van der Waals surface area (Å²) in [6.45, 7) is 4.73. The van der Waals surface area contributed by atoms with Gasteiger partial charge in [0.05, 0.1) is 12.2 Å². The maximum Gasteiger partial charge on any atom is 0.232 e. The van der Waals surface area contributed by atoms with Crippen LogP contribution in [0.5, 0.6) is 0 Å². The first-order valence-corrected chi connectivity index (χ1v) is 8.06. The molecule has 1 heterocycles. The number of carbonyl (C=O) groups is 2. The summed E-state index contributed by atoms with van der Waals surface area (Å²) < 4.78 is 0. The minimum Gasteiger partial charge on any atom is -0.350 e. The fourth-order valence-electron chi connectivity index (χ4n) is 2.33. The summed E-state index contributed by atoms with van der Waals surface area (Å²) in [4.78, 5) is 30.3. The van der Waals surface area contributed by atoms with E-state index in [-0.39, 0.29) is 24.3 Å². The van der Waals surface area contributed by atoms with Gasteiger partial charge in [-0.3, -0.25) is 14.6 Å². The zero-order chi connectivity index (χ0) is 17.4. The van der Waals surface area contributed by atoms with E-state index in [2.05, 4.69) is 10.3 Å². The van der Waals surface area contributed by atoms with E-state index in [4.69, 9.17) is 0 Å². The van der Waals surface area contributed by atoms with Crippen molar-refractivity contribution in [3.8, 4) is 0 Å². The molecule has 0 atom stereocenters. The summed E-state index contributed by atoms with van der Waals surface area (Å²) in [7, 11) is 0. The Morgan fingerprint density at radius 2 is 1.79 bits per heavy atom. The number of rotatable bonds is 7. The van der Waals surface area contributed by atoms with Crippen LogP contribution in [0.4, 0.5) is 0 Å². The Morgan fingerprint density at radius 3 is 2.42 bits per heavy atom. The van der Waals surface area contributed by atoms with Gasteiger partial charge in [-0.2, -0.15) is 0 Å². The van der Waals surface area contributed by atoms with E-state index in [1.165, 1.54) is 0 Å². The average Bonchev–Trinajstić information content (AvgIpc) is 2.59. The molecule has 24 heavy (non-hydrogen) atoms. The van der Waals surface area contributed by atoms with Crippen LogP contribution in [0.25, 0.3) is 0 Å². The molecule has 0 aliphatic heterocycles. The van der Waals surface area contributed by atoms with Crippen molar-refractivity contribution in [3.63, 3.8) is 0 Å². The largest absolute Gasteiger partial charge is 0.350 e. The number of hydrogen-bond acceptors (Lipinski definition) is 3. The molecule has 5 nitrogen and oxygen atoms in total. The van der Waals surface area contributed by atoms with E-state index in [1.807, 2.05) is 62.4 Å². The van der Waals surface area contributed by atoms with Gasteiger partial charge >= 0.3 is 0 Å². The Morgan fingerprint density at radius 1 is 1.08 bits per heavy atom. The molecular formula is C19H23N3O2. The van der Waals surface area contributed by atoms with Crippen molar-refractivity contribution in [2.24, 2.45) is 0 Å². The molecule has 0 saturated carbocycles. The van der Waals surface area contributed by atoms with Gasteiger partial charge in [-0.25, -0.2) is 0 Å². The molecule has 1 aromatic heterocycles. The van der Waals surface area contributed by atoms with Crippen molar-refractivity contribution in [2.75, 3.05) is 0 Å². The van der Waals surface area contributed by atoms with Crippen LogP contribution in [0.2, 0.25) is 0 Å². The lowest BCUT2D eigenvalue weighted by molar-refractivity contribution is -0.138. The first-order chi connectivity index (χ1) is 11.6. The van der Waals surface area contributed by atoms with Gasteiger partial charge in [0.25, 0.3) is 0 Å². The Bertz CT molecular complexity index is 657. The monoisotopic (exact) mass is 325 g/mol. The lowest BCUT2D eigenvalue weighted by Gasteiger charge is -2.26. The number of nitrogens with one attached hydrogen (secondary N) is 1. The van der Waals surface area contributed by atoms with E-state index in [9.17, 15) is 9.59 Å². The number of carbonyl (C=O) groups excluding carboxylic acids is 2. The lowest BCUT2D eigenvalue weighted by atomic mass is 10.1. The van der Waals surface area contributed by atoms with E-state index >= 15 is 0 Å². The first kappa shape index (κ1) is 17.7. The SMILES string of the molecule is CC(C)N(Cc1ccccc1)C(=O)CC(=O)NCc1ccccn1. The van der Waals surface area contributed by atoms with Gasteiger partial charge in [0, 0.05) is 18.8 Å². The highest BCUT2D eigenvalue weighted by Crippen LogP contribution is 2.10. The number of aromatic nitrogens is 1. The molecule has 0 fully saturated rings. The minimum absolute atomic E-state index is 0.0290. The molecule has 126 valence electrons. The highest BCUT2D eigenvalue weighted by Gasteiger charge is 2.20. The van der Waals surface area contributed by atoms with Crippen LogP contribution in [-0.4, -0.2) is 27.7 Å². The summed E-state index contributed by atoms with van der Waals surface area (Å²) in [5, 5.41) is 2.74. The molecule has 0 aliphatic carbocycles. The molecule has 0 radical (unpaired) electrons. The molecule has 0 unspecified atom stereocenters. The molecule has 2 amide bonds. The first-order valence-electron chi connectivity index (χ1n) is 8.06. The fourth-order valence-corrected chi connectivity index (χ4v) is 2.33. The van der Waals surface area contributed by atoms with Gasteiger partial charge < -0.3 is 10.2 Å². The molecule has 0 aliphatic rings. The summed E-state index contributed by atoms with van der Waals surface area (Å²) in [6, 6.07) is 15.3. The molecular weight excluding hydrogens is 302 g/mol. The van der Waals surface area contributed by atoms with Gasteiger partial charge in [0.1, 0.15) is 6.42 Å². The van der Waals surface area contributed by atoms with Crippen LogP contribution in [0, 0.1) is 0 Å². The van der Waals surface area contributed by atoms with Crippen molar-refractivity contribution >= 4 is 11.8 Å².